The van der Waals surface area contributed by atoms with Crippen molar-refractivity contribution in [1.82, 2.24) is 19.9 Å². The average Bonchev–Trinajstić information content (AvgIpc) is 3.21. The van der Waals surface area contributed by atoms with E-state index in [2.05, 4.69) is 25.5 Å². The molecule has 0 unspecified atom stereocenters. The van der Waals surface area contributed by atoms with Gasteiger partial charge in [-0.3, -0.25) is 19.0 Å². The van der Waals surface area contributed by atoms with Gasteiger partial charge in [-0.1, -0.05) is 29.0 Å². The van der Waals surface area contributed by atoms with E-state index in [4.69, 9.17) is 11.6 Å². The number of fused-ring (bicyclic) bond motifs is 1. The Labute approximate surface area is 199 Å². The molecule has 1 aliphatic heterocycles. The van der Waals surface area contributed by atoms with E-state index < -0.39 is 0 Å². The Balaban J connectivity index is 1.44. The Morgan fingerprint density at radius 1 is 1.27 bits per heavy atom. The smallest absolute Gasteiger partial charge is 0.273 e. The molecule has 1 aliphatic rings. The predicted molar refractivity (Wildman–Crippen MR) is 130 cm³/mol. The number of nitrogens with zero attached hydrogens (tertiary/aromatic N) is 4. The number of piperidine rings is 1. The van der Waals surface area contributed by atoms with Crippen LogP contribution in [0.15, 0.2) is 35.4 Å². The Morgan fingerprint density at radius 3 is 2.73 bits per heavy atom. The molecular weight excluding hydrogens is 464 g/mol. The van der Waals surface area contributed by atoms with Crippen LogP contribution in [-0.2, 0) is 16.1 Å². The number of anilines is 2. The number of halogens is 1. The van der Waals surface area contributed by atoms with Gasteiger partial charge in [0.1, 0.15) is 17.6 Å². The van der Waals surface area contributed by atoms with Gasteiger partial charge in [0.15, 0.2) is 10.8 Å². The summed E-state index contributed by atoms with van der Waals surface area (Å²) in [5.41, 5.74) is 0.613. The van der Waals surface area contributed by atoms with Crippen LogP contribution >= 0.6 is 22.9 Å². The zero-order valence-corrected chi connectivity index (χ0v) is 19.9. The molecule has 4 rings (SSSR count). The minimum absolute atomic E-state index is 0.00797. The molecule has 0 bridgehead atoms. The van der Waals surface area contributed by atoms with E-state index >= 15 is 0 Å². The van der Waals surface area contributed by atoms with Crippen LogP contribution in [0.3, 0.4) is 0 Å². The second-order valence-corrected chi connectivity index (χ2v) is 9.72. The first-order valence-electron chi connectivity index (χ1n) is 10.8. The lowest BCUT2D eigenvalue weighted by Gasteiger charge is -2.31. The molecule has 0 atom stereocenters. The molecule has 1 saturated heterocycles. The summed E-state index contributed by atoms with van der Waals surface area (Å²) in [5, 5.41) is 6.91. The lowest BCUT2D eigenvalue weighted by atomic mass is 9.96. The first-order chi connectivity index (χ1) is 15.8. The van der Waals surface area contributed by atoms with Gasteiger partial charge in [0, 0.05) is 35.8 Å². The zero-order valence-electron chi connectivity index (χ0n) is 18.4. The molecule has 2 aromatic heterocycles. The van der Waals surface area contributed by atoms with Crippen molar-refractivity contribution < 1.29 is 9.59 Å². The maximum Gasteiger partial charge on any atom is 0.273 e. The van der Waals surface area contributed by atoms with E-state index in [1.807, 2.05) is 13.8 Å². The topological polar surface area (TPSA) is 109 Å². The van der Waals surface area contributed by atoms with Crippen molar-refractivity contribution in [2.24, 2.45) is 5.92 Å². The molecule has 33 heavy (non-hydrogen) atoms. The second-order valence-electron chi connectivity index (χ2n) is 8.31. The largest absolute Gasteiger partial charge is 0.354 e. The van der Waals surface area contributed by atoms with Gasteiger partial charge < -0.3 is 15.5 Å². The third-order valence-corrected chi connectivity index (χ3v) is 6.69. The number of rotatable bonds is 6. The maximum absolute atomic E-state index is 12.9. The molecule has 0 aliphatic carbocycles. The molecule has 0 spiro atoms. The summed E-state index contributed by atoms with van der Waals surface area (Å²) in [6.45, 7) is 5.11. The summed E-state index contributed by atoms with van der Waals surface area (Å²) in [4.78, 5) is 48.5. The van der Waals surface area contributed by atoms with Crippen molar-refractivity contribution in [3.8, 4) is 0 Å². The highest BCUT2D eigenvalue weighted by molar-refractivity contribution is 7.22. The van der Waals surface area contributed by atoms with E-state index in [-0.39, 0.29) is 35.9 Å². The van der Waals surface area contributed by atoms with E-state index in [9.17, 15) is 14.4 Å². The van der Waals surface area contributed by atoms with Crippen LogP contribution in [0, 0.1) is 5.92 Å². The van der Waals surface area contributed by atoms with Crippen molar-refractivity contribution >= 4 is 55.9 Å². The lowest BCUT2D eigenvalue weighted by Crippen LogP contribution is -2.42. The highest BCUT2D eigenvalue weighted by Crippen LogP contribution is 2.29. The van der Waals surface area contributed by atoms with Gasteiger partial charge in [-0.05, 0) is 44.9 Å². The molecular formula is C22H25ClN6O3S. The van der Waals surface area contributed by atoms with Crippen LogP contribution in [0.25, 0.3) is 10.3 Å². The normalized spacial score (nSPS) is 14.6. The predicted octanol–water partition coefficient (Wildman–Crippen LogP) is 2.89. The fourth-order valence-electron chi connectivity index (χ4n) is 3.74. The standard InChI is InChI=1S/C22H25ClN6O3S/c1-13(2)25-20(31)14-6-8-28(9-7-14)22-27-19-18(33-22)21(32)29(12-24-19)11-17(30)26-16-5-3-4-15(23)10-16/h3-5,10,12-14H,6-9,11H2,1-2H3,(H,25,31)(H,26,30). The number of amides is 2. The quantitative estimate of drug-likeness (QED) is 0.552. The van der Waals surface area contributed by atoms with Gasteiger partial charge >= 0.3 is 0 Å². The van der Waals surface area contributed by atoms with Crippen molar-refractivity contribution in [3.63, 3.8) is 0 Å². The number of hydrogen-bond donors (Lipinski definition) is 2. The summed E-state index contributed by atoms with van der Waals surface area (Å²) < 4.78 is 1.68. The molecule has 2 amide bonds. The molecule has 1 fully saturated rings. The van der Waals surface area contributed by atoms with Crippen molar-refractivity contribution in [3.05, 3.63) is 46.0 Å². The van der Waals surface area contributed by atoms with Crippen molar-refractivity contribution in [2.45, 2.75) is 39.3 Å². The van der Waals surface area contributed by atoms with Crippen molar-refractivity contribution in [1.29, 1.82) is 0 Å². The Kier molecular flexibility index (Phi) is 6.94. The van der Waals surface area contributed by atoms with E-state index in [1.165, 1.54) is 22.2 Å². The van der Waals surface area contributed by atoms with Gasteiger partial charge in [-0.25, -0.2) is 4.98 Å². The Morgan fingerprint density at radius 2 is 2.03 bits per heavy atom. The zero-order chi connectivity index (χ0) is 23.5. The number of aromatic nitrogens is 3. The van der Waals surface area contributed by atoms with Gasteiger partial charge in [0.05, 0.1) is 0 Å². The first kappa shape index (κ1) is 23.2. The summed E-state index contributed by atoms with van der Waals surface area (Å²) in [7, 11) is 0. The summed E-state index contributed by atoms with van der Waals surface area (Å²) in [6, 6.07) is 6.93. The summed E-state index contributed by atoms with van der Waals surface area (Å²) in [5.74, 6) is -0.270. The lowest BCUT2D eigenvalue weighted by molar-refractivity contribution is -0.126. The number of nitrogens with one attached hydrogen (secondary N) is 2. The third-order valence-electron chi connectivity index (χ3n) is 5.36. The van der Waals surface area contributed by atoms with E-state index in [1.54, 1.807) is 24.3 Å². The summed E-state index contributed by atoms with van der Waals surface area (Å²) >= 11 is 7.21. The SMILES string of the molecule is CC(C)NC(=O)C1CCN(c2nc3ncn(CC(=O)Nc4cccc(Cl)c4)c(=O)c3s2)CC1. The molecule has 3 heterocycles. The van der Waals surface area contributed by atoms with E-state index in [0.29, 0.717) is 39.3 Å². The monoisotopic (exact) mass is 488 g/mol. The molecule has 0 radical (unpaired) electrons. The van der Waals surface area contributed by atoms with Crippen LogP contribution in [0.4, 0.5) is 10.8 Å². The molecule has 174 valence electrons. The fraction of sp³-hybridized carbons (Fsp3) is 0.409. The number of hydrogen-bond acceptors (Lipinski definition) is 7. The molecule has 3 aromatic rings. The van der Waals surface area contributed by atoms with Crippen LogP contribution in [-0.4, -0.2) is 45.5 Å². The molecule has 1 aromatic carbocycles. The van der Waals surface area contributed by atoms with Crippen LogP contribution in [0.2, 0.25) is 5.02 Å². The third kappa shape index (κ3) is 5.51. The first-order valence-corrected chi connectivity index (χ1v) is 12.0. The highest BCUT2D eigenvalue weighted by atomic mass is 35.5. The van der Waals surface area contributed by atoms with Crippen LogP contribution in [0.1, 0.15) is 26.7 Å². The molecule has 11 heteroatoms. The molecule has 0 saturated carbocycles. The molecule has 9 nitrogen and oxygen atoms in total. The Hall–Kier alpha value is -2.98. The van der Waals surface area contributed by atoms with Crippen LogP contribution in [0.5, 0.6) is 0 Å². The van der Waals surface area contributed by atoms with Gasteiger partial charge in [0.2, 0.25) is 11.8 Å². The van der Waals surface area contributed by atoms with Gasteiger partial charge in [-0.2, -0.15) is 4.98 Å². The van der Waals surface area contributed by atoms with Crippen molar-refractivity contribution in [2.75, 3.05) is 23.3 Å². The summed E-state index contributed by atoms with van der Waals surface area (Å²) in [6.07, 6.45) is 2.81. The average molecular weight is 489 g/mol. The fourth-order valence-corrected chi connectivity index (χ4v) is 4.95. The molecule has 2 N–H and O–H groups in total. The number of thiazole rings is 1. The number of benzene rings is 1. The number of carbonyl (C=O) groups excluding carboxylic acids is 2. The van der Waals surface area contributed by atoms with E-state index in [0.717, 1.165) is 12.8 Å². The highest BCUT2D eigenvalue weighted by Gasteiger charge is 2.27. The van der Waals surface area contributed by atoms with Gasteiger partial charge in [-0.15, -0.1) is 0 Å². The minimum Gasteiger partial charge on any atom is -0.354 e. The Bertz CT molecular complexity index is 1230. The second kappa shape index (κ2) is 9.88. The van der Waals surface area contributed by atoms with Gasteiger partial charge in [0.25, 0.3) is 5.56 Å². The number of carbonyl (C=O) groups is 2. The van der Waals surface area contributed by atoms with Crippen LogP contribution < -0.4 is 21.1 Å². The minimum atomic E-state index is -0.355. The maximum atomic E-state index is 12.9.